The lowest BCUT2D eigenvalue weighted by atomic mass is 9.81. The van der Waals surface area contributed by atoms with Crippen LogP contribution in [0.1, 0.15) is 37.4 Å². The minimum atomic E-state index is -1.28. The van der Waals surface area contributed by atoms with Crippen LogP contribution in [-0.4, -0.2) is 56.5 Å². The minimum Gasteiger partial charge on any atom is -0.497 e. The molecule has 0 bridgehead atoms. The minimum absolute atomic E-state index is 0.263. The average Bonchev–Trinajstić information content (AvgIpc) is 2.79. The lowest BCUT2D eigenvalue weighted by molar-refractivity contribution is -0.146. The van der Waals surface area contributed by atoms with E-state index in [0.29, 0.717) is 30.3 Å². The Bertz CT molecular complexity index is 748. The first kappa shape index (κ1) is 23.4. The van der Waals surface area contributed by atoms with Crippen LogP contribution in [0.15, 0.2) is 29.3 Å². The molecule has 0 heterocycles. The van der Waals surface area contributed by atoms with Crippen LogP contribution < -0.4 is 15.4 Å². The summed E-state index contributed by atoms with van der Waals surface area (Å²) < 4.78 is 9.82. The Morgan fingerprint density at radius 2 is 1.93 bits per heavy atom. The SMILES string of the molecule is COC(=O)C(NC(=O)NCC1CCCC(CN=C=O)C1)C(O)c1ccc(OC)cc1. The third-order valence-electron chi connectivity index (χ3n) is 5.37. The van der Waals surface area contributed by atoms with Gasteiger partial charge >= 0.3 is 12.0 Å². The number of amides is 2. The van der Waals surface area contributed by atoms with Gasteiger partial charge in [0.2, 0.25) is 6.08 Å². The normalized spacial score (nSPS) is 20.2. The molecule has 30 heavy (non-hydrogen) atoms. The Kier molecular flexibility index (Phi) is 9.31. The third-order valence-corrected chi connectivity index (χ3v) is 5.37. The van der Waals surface area contributed by atoms with Crippen LogP contribution in [0.2, 0.25) is 0 Å². The second-order valence-electron chi connectivity index (χ2n) is 7.40. The number of aliphatic imine (C=N–C) groups is 1. The Hall–Kier alpha value is -2.90. The van der Waals surface area contributed by atoms with Gasteiger partial charge in [-0.15, -0.1) is 0 Å². The van der Waals surface area contributed by atoms with Crippen molar-refractivity contribution in [2.75, 3.05) is 27.3 Å². The molecular formula is C21H29N3O6. The van der Waals surface area contributed by atoms with Gasteiger partial charge in [0.25, 0.3) is 0 Å². The van der Waals surface area contributed by atoms with Crippen molar-refractivity contribution in [1.82, 2.24) is 10.6 Å². The number of rotatable bonds is 9. The number of carbonyl (C=O) groups is 2. The fourth-order valence-electron chi connectivity index (χ4n) is 3.74. The molecule has 2 amide bonds. The number of esters is 1. The molecular weight excluding hydrogens is 390 g/mol. The summed E-state index contributed by atoms with van der Waals surface area (Å²) in [6, 6.07) is 4.71. The number of benzene rings is 1. The summed E-state index contributed by atoms with van der Waals surface area (Å²) in [5, 5.41) is 15.9. The van der Waals surface area contributed by atoms with E-state index in [2.05, 4.69) is 15.6 Å². The van der Waals surface area contributed by atoms with E-state index in [0.717, 1.165) is 25.7 Å². The summed E-state index contributed by atoms with van der Waals surface area (Å²) >= 11 is 0. The molecule has 1 aromatic rings. The highest BCUT2D eigenvalue weighted by Gasteiger charge is 2.31. The van der Waals surface area contributed by atoms with E-state index in [1.165, 1.54) is 14.2 Å². The van der Waals surface area contributed by atoms with Crippen LogP contribution in [0.25, 0.3) is 0 Å². The molecule has 1 aliphatic carbocycles. The molecule has 0 aliphatic heterocycles. The molecule has 0 radical (unpaired) electrons. The lowest BCUT2D eigenvalue weighted by Gasteiger charge is -2.28. The van der Waals surface area contributed by atoms with Crippen LogP contribution in [0, 0.1) is 11.8 Å². The molecule has 4 unspecified atom stereocenters. The number of methoxy groups -OCH3 is 2. The van der Waals surface area contributed by atoms with Crippen LogP contribution in [0.5, 0.6) is 5.75 Å². The zero-order valence-electron chi connectivity index (χ0n) is 17.3. The Morgan fingerprint density at radius 1 is 1.23 bits per heavy atom. The average molecular weight is 419 g/mol. The van der Waals surface area contributed by atoms with E-state index in [4.69, 9.17) is 9.47 Å². The van der Waals surface area contributed by atoms with Gasteiger partial charge in [-0.2, -0.15) is 0 Å². The molecule has 0 spiro atoms. The second kappa shape index (κ2) is 11.9. The zero-order valence-corrected chi connectivity index (χ0v) is 17.3. The van der Waals surface area contributed by atoms with Crippen molar-refractivity contribution in [1.29, 1.82) is 0 Å². The van der Waals surface area contributed by atoms with Gasteiger partial charge in [-0.1, -0.05) is 18.6 Å². The predicted molar refractivity (Wildman–Crippen MR) is 109 cm³/mol. The summed E-state index contributed by atoms with van der Waals surface area (Å²) in [6.45, 7) is 0.893. The maximum atomic E-state index is 12.4. The fraction of sp³-hybridized carbons (Fsp3) is 0.571. The number of hydrogen-bond acceptors (Lipinski definition) is 7. The molecule has 1 aliphatic rings. The second-order valence-corrected chi connectivity index (χ2v) is 7.40. The van der Waals surface area contributed by atoms with Gasteiger partial charge < -0.3 is 25.2 Å². The van der Waals surface area contributed by atoms with E-state index in [9.17, 15) is 19.5 Å². The largest absolute Gasteiger partial charge is 0.497 e. The van der Waals surface area contributed by atoms with Gasteiger partial charge in [0.1, 0.15) is 11.9 Å². The van der Waals surface area contributed by atoms with Crippen molar-refractivity contribution >= 4 is 18.1 Å². The number of hydrogen-bond donors (Lipinski definition) is 3. The summed E-state index contributed by atoms with van der Waals surface area (Å²) in [6.07, 6.45) is 4.13. The maximum absolute atomic E-state index is 12.4. The number of nitrogens with one attached hydrogen (secondary N) is 2. The van der Waals surface area contributed by atoms with Crippen molar-refractivity contribution in [3.8, 4) is 5.75 Å². The van der Waals surface area contributed by atoms with Gasteiger partial charge in [-0.05, 0) is 48.8 Å². The molecule has 9 nitrogen and oxygen atoms in total. The number of ether oxygens (including phenoxy) is 2. The molecule has 1 aromatic carbocycles. The van der Waals surface area contributed by atoms with Crippen molar-refractivity contribution in [3.63, 3.8) is 0 Å². The highest BCUT2D eigenvalue weighted by atomic mass is 16.5. The van der Waals surface area contributed by atoms with Crippen molar-refractivity contribution in [2.24, 2.45) is 16.8 Å². The maximum Gasteiger partial charge on any atom is 0.331 e. The van der Waals surface area contributed by atoms with Crippen LogP contribution >= 0.6 is 0 Å². The number of carbonyl (C=O) groups excluding carboxylic acids is 3. The van der Waals surface area contributed by atoms with Crippen molar-refractivity contribution in [3.05, 3.63) is 29.8 Å². The first-order valence-corrected chi connectivity index (χ1v) is 9.96. The van der Waals surface area contributed by atoms with Gasteiger partial charge in [-0.3, -0.25) is 0 Å². The smallest absolute Gasteiger partial charge is 0.331 e. The number of isocyanates is 1. The van der Waals surface area contributed by atoms with E-state index < -0.39 is 24.1 Å². The monoisotopic (exact) mass is 419 g/mol. The topological polar surface area (TPSA) is 126 Å². The molecule has 164 valence electrons. The van der Waals surface area contributed by atoms with Crippen molar-refractivity contribution in [2.45, 2.75) is 37.8 Å². The first-order chi connectivity index (χ1) is 14.5. The van der Waals surface area contributed by atoms with E-state index >= 15 is 0 Å². The highest BCUT2D eigenvalue weighted by Crippen LogP contribution is 2.28. The summed E-state index contributed by atoms with van der Waals surface area (Å²) in [5.41, 5.74) is 0.442. The number of urea groups is 1. The first-order valence-electron chi connectivity index (χ1n) is 9.96. The summed E-state index contributed by atoms with van der Waals surface area (Å²) in [7, 11) is 2.72. The molecule has 0 saturated heterocycles. The molecule has 1 fully saturated rings. The molecule has 1 saturated carbocycles. The Morgan fingerprint density at radius 3 is 2.57 bits per heavy atom. The third kappa shape index (κ3) is 6.86. The highest BCUT2D eigenvalue weighted by molar-refractivity contribution is 5.84. The van der Waals surface area contributed by atoms with Crippen LogP contribution in [-0.2, 0) is 14.3 Å². The van der Waals surface area contributed by atoms with Gasteiger partial charge in [0.05, 0.1) is 20.8 Å². The molecule has 9 heteroatoms. The Balaban J connectivity index is 1.92. The van der Waals surface area contributed by atoms with Crippen molar-refractivity contribution < 1.29 is 29.0 Å². The van der Waals surface area contributed by atoms with E-state index in [1.807, 2.05) is 0 Å². The number of nitrogens with zero attached hydrogens (tertiary/aromatic N) is 1. The van der Waals surface area contributed by atoms with Gasteiger partial charge in [-0.25, -0.2) is 19.4 Å². The van der Waals surface area contributed by atoms with Gasteiger partial charge in [0.15, 0.2) is 6.04 Å². The number of aliphatic hydroxyl groups is 1. The molecule has 4 atom stereocenters. The summed E-state index contributed by atoms with van der Waals surface area (Å²) in [5.74, 6) is 0.433. The van der Waals surface area contributed by atoms with Gasteiger partial charge in [0, 0.05) is 6.54 Å². The summed E-state index contributed by atoms with van der Waals surface area (Å²) in [4.78, 5) is 38.5. The zero-order chi connectivity index (χ0) is 21.9. The van der Waals surface area contributed by atoms with E-state index in [-0.39, 0.29) is 5.92 Å². The standard InChI is InChI=1S/C21H29N3O6/c1-29-17-8-6-16(7-9-17)19(26)18(20(27)30-2)24-21(28)23-12-15-5-3-4-14(10-15)11-22-13-25/h6-9,14-15,18-19,26H,3-5,10-12H2,1-2H3,(H2,23,24,28). The molecule has 2 rings (SSSR count). The number of aliphatic hydroxyl groups excluding tert-OH is 1. The Labute approximate surface area is 175 Å². The fourth-order valence-corrected chi connectivity index (χ4v) is 3.74. The quantitative estimate of drug-likeness (QED) is 0.318. The van der Waals surface area contributed by atoms with E-state index in [1.54, 1.807) is 30.3 Å². The predicted octanol–water partition coefficient (Wildman–Crippen LogP) is 1.71. The molecule has 3 N–H and O–H groups in total. The molecule has 0 aromatic heterocycles. The lowest BCUT2D eigenvalue weighted by Crippen LogP contribution is -2.50. The van der Waals surface area contributed by atoms with Crippen LogP contribution in [0.4, 0.5) is 4.79 Å². The van der Waals surface area contributed by atoms with Crippen LogP contribution in [0.3, 0.4) is 0 Å².